The van der Waals surface area contributed by atoms with Crippen LogP contribution in [0.2, 0.25) is 0 Å². The first kappa shape index (κ1) is 86.5. The molecule has 0 spiro atoms. The van der Waals surface area contributed by atoms with Gasteiger partial charge in [-0.3, -0.25) is 4.98 Å². The van der Waals surface area contributed by atoms with E-state index in [1.165, 1.54) is 109 Å². The van der Waals surface area contributed by atoms with Crippen molar-refractivity contribution in [3.8, 4) is 101 Å². The van der Waals surface area contributed by atoms with Crippen molar-refractivity contribution in [3.63, 3.8) is 0 Å². The predicted molar refractivity (Wildman–Crippen MR) is 502 cm³/mol. The van der Waals surface area contributed by atoms with Crippen molar-refractivity contribution in [2.75, 3.05) is 0 Å². The summed E-state index contributed by atoms with van der Waals surface area (Å²) in [4.78, 5) is 31.5. The zero-order chi connectivity index (χ0) is 81.9. The van der Waals surface area contributed by atoms with Crippen LogP contribution in [-0.2, 0) is 60.3 Å². The Kier molecular flexibility index (Phi) is 29.3. The minimum absolute atomic E-state index is 0. The van der Waals surface area contributed by atoms with Crippen LogP contribution in [0.5, 0.6) is 0 Å². The van der Waals surface area contributed by atoms with Gasteiger partial charge in [0, 0.05) is 131 Å². The van der Waals surface area contributed by atoms with Gasteiger partial charge in [-0.25, -0.2) is 0 Å². The average Bonchev–Trinajstić information content (AvgIpc) is 0.769. The SMILES string of the molecule is Cc1cc(-c2[c-]cccc2)ncc1-c1cc2ccccc2c2ccccc12.Cc1cc(-c2[c-]cccc2)ncc1-c1cc2ccccc2c2ncccc12.Cc1cc(-c2[c-]cccc2)ncc1-c1ccc2c3ccccc3c3ccccc3c2c1.[Ir].[Ir].[Ir].[c-]1ccccc1-c1ccccn1.[c-]1ccccc1-c1ccccn1.[c-]1ccccc1-c1ccccn1. The van der Waals surface area contributed by atoms with Gasteiger partial charge in [-0.2, -0.15) is 0 Å². The van der Waals surface area contributed by atoms with Crippen molar-refractivity contribution in [2.24, 2.45) is 0 Å². The summed E-state index contributed by atoms with van der Waals surface area (Å²) in [6.07, 6.45) is 13.2. The molecule has 7 heterocycles. The van der Waals surface area contributed by atoms with Gasteiger partial charge in [-0.05, 0) is 190 Å². The maximum atomic E-state index is 4.75. The van der Waals surface area contributed by atoms with Crippen LogP contribution in [0.15, 0.2) is 426 Å². The second kappa shape index (κ2) is 42.1. The second-order valence-corrected chi connectivity index (χ2v) is 29.0. The average molecular weight is 2120 g/mol. The molecule has 15 aromatic carbocycles. The molecule has 0 saturated carbocycles. The van der Waals surface area contributed by atoms with E-state index in [0.29, 0.717) is 0 Å². The fourth-order valence-corrected chi connectivity index (χ4v) is 15.3. The number of hydrogen-bond acceptors (Lipinski definition) is 7. The van der Waals surface area contributed by atoms with Gasteiger partial charge in [0.25, 0.3) is 0 Å². The number of pyridine rings is 7. The molecule has 0 bridgehead atoms. The van der Waals surface area contributed by atoms with E-state index in [4.69, 9.17) is 15.0 Å². The Bertz CT molecular complexity index is 6740. The molecule has 0 unspecified atom stereocenters. The van der Waals surface area contributed by atoms with E-state index in [2.05, 4.69) is 259 Å². The van der Waals surface area contributed by atoms with Gasteiger partial charge >= 0.3 is 0 Å². The van der Waals surface area contributed by atoms with E-state index in [1.807, 2.05) is 225 Å². The Morgan fingerprint density at radius 2 is 0.476 bits per heavy atom. The number of nitrogens with zero attached hydrogens (tertiary/aromatic N) is 7. The second-order valence-electron chi connectivity index (χ2n) is 29.0. The Hall–Kier alpha value is -13.9. The first-order valence-electron chi connectivity index (χ1n) is 40.3. The van der Waals surface area contributed by atoms with Crippen molar-refractivity contribution < 1.29 is 60.3 Å². The summed E-state index contributed by atoms with van der Waals surface area (Å²) in [5.41, 5.74) is 23.7. The quantitative estimate of drug-likeness (QED) is 0.105. The molecule has 0 aliphatic carbocycles. The maximum absolute atomic E-state index is 4.75. The van der Waals surface area contributed by atoms with Crippen molar-refractivity contribution in [1.82, 2.24) is 34.9 Å². The summed E-state index contributed by atoms with van der Waals surface area (Å²) in [5.74, 6) is 0. The summed E-state index contributed by atoms with van der Waals surface area (Å²) in [5, 5.41) is 16.4. The van der Waals surface area contributed by atoms with Gasteiger partial charge in [0.1, 0.15) is 0 Å². The zero-order valence-corrected chi connectivity index (χ0v) is 75.2. The van der Waals surface area contributed by atoms with E-state index < -0.39 is 0 Å². The molecule has 22 rings (SSSR count). The summed E-state index contributed by atoms with van der Waals surface area (Å²) >= 11 is 0. The maximum Gasteiger partial charge on any atom is 0.0786 e. The third-order valence-electron chi connectivity index (χ3n) is 21.3. The molecule has 0 N–H and O–H groups in total. The Morgan fingerprint density at radius 3 is 0.847 bits per heavy atom. The summed E-state index contributed by atoms with van der Waals surface area (Å²) < 4.78 is 0. The van der Waals surface area contributed by atoms with Gasteiger partial charge in [0.05, 0.1) is 5.52 Å². The molecule has 0 aliphatic rings. The van der Waals surface area contributed by atoms with E-state index in [-0.39, 0.29) is 60.3 Å². The topological polar surface area (TPSA) is 90.2 Å². The number of aromatic nitrogens is 7. The predicted octanol–water partition coefficient (Wildman–Crippen LogP) is 28.7. The van der Waals surface area contributed by atoms with Crippen LogP contribution < -0.4 is 0 Å². The van der Waals surface area contributed by atoms with Gasteiger partial charge in [-0.15, -0.1) is 215 Å². The molecule has 0 aliphatic heterocycles. The first-order chi connectivity index (χ1) is 59.8. The molecule has 0 saturated heterocycles. The fraction of sp³-hybridized carbons (Fsp3) is 0.0263. The number of aryl methyl sites for hydroxylation is 3. The van der Waals surface area contributed by atoms with E-state index in [9.17, 15) is 0 Å². The van der Waals surface area contributed by atoms with Gasteiger partial charge in [-0.1, -0.05) is 194 Å². The normalized spacial score (nSPS) is 10.5. The van der Waals surface area contributed by atoms with Crippen molar-refractivity contribution in [1.29, 1.82) is 0 Å². The summed E-state index contributed by atoms with van der Waals surface area (Å²) in [6, 6.07) is 149. The summed E-state index contributed by atoms with van der Waals surface area (Å²) in [6.45, 7) is 6.46. The molecule has 0 atom stereocenters. The molecule has 0 amide bonds. The van der Waals surface area contributed by atoms with Crippen LogP contribution in [0, 0.1) is 57.2 Å². The van der Waals surface area contributed by atoms with Crippen LogP contribution in [0.3, 0.4) is 0 Å². The fourth-order valence-electron chi connectivity index (χ4n) is 15.3. The van der Waals surface area contributed by atoms with Crippen LogP contribution in [-0.4, -0.2) is 34.9 Å². The van der Waals surface area contributed by atoms with E-state index in [0.717, 1.165) is 84.0 Å². The number of benzene rings is 15. The molecule has 0 fully saturated rings. The molecule has 603 valence electrons. The largest absolute Gasteiger partial charge is 0.305 e. The Labute approximate surface area is 764 Å². The molecule has 7 aromatic heterocycles. The summed E-state index contributed by atoms with van der Waals surface area (Å²) in [7, 11) is 0. The van der Waals surface area contributed by atoms with Crippen molar-refractivity contribution >= 4 is 75.5 Å². The van der Waals surface area contributed by atoms with Crippen molar-refractivity contribution in [3.05, 3.63) is 479 Å². The smallest absolute Gasteiger partial charge is 0.0786 e. The standard InChI is InChI=1S/C30H20N.C26H18N.C25H17N2.3C11H8N.3Ir/c1-20-17-30(21-9-3-2-4-10-21)31-19-29(20)22-15-16-27-25-13-6-5-11-23(25)24-12-7-8-14-26(24)28(27)18-22;1-18-15-26(19-9-3-2-4-10-19)27-17-25(18)24-16-20-11-5-6-12-21(20)22-13-7-8-14-23(22)24;1-17-14-24(18-8-3-2-4-9-18)27-16-23(17)22-15-19-10-5-6-11-20(19)25-21(22)12-7-13-26-25;3*1-2-6-10(7-3-1)11-8-4-5-9-12-11;;;/h2-9,11-19H,1H3;2-9,11-17H,1H3;2-8,10-16H,1H3;3*1-6,8-9H;;;/q6*-1;;;. The van der Waals surface area contributed by atoms with Gasteiger partial charge in [0.15, 0.2) is 0 Å². The molecule has 10 heteroatoms. The molecule has 22 aromatic rings. The van der Waals surface area contributed by atoms with Crippen LogP contribution in [0.25, 0.3) is 176 Å². The van der Waals surface area contributed by atoms with Crippen molar-refractivity contribution in [2.45, 2.75) is 20.8 Å². The Morgan fingerprint density at radius 1 is 0.185 bits per heavy atom. The van der Waals surface area contributed by atoms with Crippen LogP contribution in [0.1, 0.15) is 16.7 Å². The number of rotatable bonds is 9. The molecular weight excluding hydrogens is 2040 g/mol. The van der Waals surface area contributed by atoms with Gasteiger partial charge < -0.3 is 29.9 Å². The van der Waals surface area contributed by atoms with E-state index >= 15 is 0 Å². The monoisotopic (exact) mass is 2120 g/mol. The molecule has 7 nitrogen and oxygen atoms in total. The molecule has 124 heavy (non-hydrogen) atoms. The zero-order valence-electron chi connectivity index (χ0n) is 68.0. The van der Waals surface area contributed by atoms with Crippen LogP contribution in [0.4, 0.5) is 0 Å². The third kappa shape index (κ3) is 20.2. The molecule has 3 radical (unpaired) electrons. The number of fused-ring (bicyclic) bond motifs is 12. The van der Waals surface area contributed by atoms with E-state index in [1.54, 1.807) is 18.6 Å². The van der Waals surface area contributed by atoms with Gasteiger partial charge in [0.2, 0.25) is 0 Å². The minimum atomic E-state index is 0. The first-order valence-corrected chi connectivity index (χ1v) is 40.3. The number of hydrogen-bond donors (Lipinski definition) is 0. The third-order valence-corrected chi connectivity index (χ3v) is 21.3. The van der Waals surface area contributed by atoms with Crippen LogP contribution >= 0.6 is 0 Å². The Balaban J connectivity index is 0.000000126. The minimum Gasteiger partial charge on any atom is -0.305 e. The molecular formula is C114H79Ir3N7-6.